The van der Waals surface area contributed by atoms with Crippen molar-refractivity contribution < 1.29 is 28.2 Å². The predicted octanol–water partition coefficient (Wildman–Crippen LogP) is 2.01. The molecule has 0 radical (unpaired) electrons. The standard InChI is InChI=1S/C17H20N2O6S/c1-2-12(20)10-19-14-8-11(17(21)22)9-15(26(18,23)24)16(14)25-13-6-4-3-5-7-13/h3-9,12,19-20H,2,10H2,1H3,(H,21,22)(H2,18,23,24). The van der Waals surface area contributed by atoms with E-state index in [9.17, 15) is 23.4 Å². The Morgan fingerprint density at radius 1 is 1.27 bits per heavy atom. The van der Waals surface area contributed by atoms with Gasteiger partial charge in [-0.15, -0.1) is 0 Å². The summed E-state index contributed by atoms with van der Waals surface area (Å²) < 4.78 is 29.7. The fourth-order valence-corrected chi connectivity index (χ4v) is 2.85. The molecule has 26 heavy (non-hydrogen) atoms. The molecular formula is C17H20N2O6S. The van der Waals surface area contributed by atoms with Gasteiger partial charge in [0.25, 0.3) is 0 Å². The van der Waals surface area contributed by atoms with Crippen LogP contribution in [0.5, 0.6) is 11.5 Å². The van der Waals surface area contributed by atoms with Crippen LogP contribution in [0.2, 0.25) is 0 Å². The first-order chi connectivity index (χ1) is 12.2. The van der Waals surface area contributed by atoms with E-state index in [-0.39, 0.29) is 23.5 Å². The molecule has 9 heteroatoms. The number of rotatable bonds is 8. The fourth-order valence-electron chi connectivity index (χ4n) is 2.15. The fraction of sp³-hybridized carbons (Fsp3) is 0.235. The number of carbonyl (C=O) groups is 1. The van der Waals surface area contributed by atoms with E-state index in [1.54, 1.807) is 37.3 Å². The molecule has 0 spiro atoms. The number of sulfonamides is 1. The van der Waals surface area contributed by atoms with Gasteiger partial charge in [-0.3, -0.25) is 0 Å². The molecule has 0 aliphatic heterocycles. The molecule has 0 saturated heterocycles. The van der Waals surface area contributed by atoms with Gasteiger partial charge < -0.3 is 20.3 Å². The maximum atomic E-state index is 12.0. The van der Waals surface area contributed by atoms with Crippen molar-refractivity contribution in [1.29, 1.82) is 0 Å². The lowest BCUT2D eigenvalue weighted by Crippen LogP contribution is -2.20. The number of hydrogen-bond acceptors (Lipinski definition) is 6. The smallest absolute Gasteiger partial charge is 0.335 e. The van der Waals surface area contributed by atoms with Gasteiger partial charge in [0.15, 0.2) is 5.75 Å². The summed E-state index contributed by atoms with van der Waals surface area (Å²) in [5.74, 6) is -1.10. The van der Waals surface area contributed by atoms with Crippen molar-refractivity contribution >= 4 is 21.7 Å². The Kier molecular flexibility index (Phi) is 6.19. The number of aliphatic hydroxyl groups is 1. The van der Waals surface area contributed by atoms with Gasteiger partial charge in [0.05, 0.1) is 17.4 Å². The summed E-state index contributed by atoms with van der Waals surface area (Å²) in [6.45, 7) is 1.85. The Hall–Kier alpha value is -2.62. The maximum Gasteiger partial charge on any atom is 0.335 e. The molecule has 0 aliphatic rings. The Balaban J connectivity index is 2.60. The molecule has 2 aromatic carbocycles. The highest BCUT2D eigenvalue weighted by molar-refractivity contribution is 7.89. The van der Waals surface area contributed by atoms with Gasteiger partial charge in [-0.1, -0.05) is 25.1 Å². The molecule has 8 nitrogen and oxygen atoms in total. The van der Waals surface area contributed by atoms with Gasteiger partial charge in [0.2, 0.25) is 10.0 Å². The van der Waals surface area contributed by atoms with E-state index in [1.165, 1.54) is 6.07 Å². The van der Waals surface area contributed by atoms with E-state index in [1.807, 2.05) is 0 Å². The molecule has 0 saturated carbocycles. The molecule has 5 N–H and O–H groups in total. The molecule has 1 unspecified atom stereocenters. The van der Waals surface area contributed by atoms with Crippen molar-refractivity contribution in [2.45, 2.75) is 24.3 Å². The van der Waals surface area contributed by atoms with Crippen molar-refractivity contribution in [3.8, 4) is 11.5 Å². The molecule has 2 rings (SSSR count). The highest BCUT2D eigenvalue weighted by Crippen LogP contribution is 2.37. The number of benzene rings is 2. The first-order valence-corrected chi connectivity index (χ1v) is 9.36. The van der Waals surface area contributed by atoms with Crippen LogP contribution in [-0.2, 0) is 10.0 Å². The summed E-state index contributed by atoms with van der Waals surface area (Å²) in [4.78, 5) is 10.9. The van der Waals surface area contributed by atoms with E-state index < -0.39 is 27.0 Å². The summed E-state index contributed by atoms with van der Waals surface area (Å²) in [5, 5.41) is 27.1. The first kappa shape index (κ1) is 19.7. The van der Waals surface area contributed by atoms with Crippen LogP contribution in [0, 0.1) is 0 Å². The molecule has 140 valence electrons. The Morgan fingerprint density at radius 2 is 1.92 bits per heavy atom. The Labute approximate surface area is 151 Å². The van der Waals surface area contributed by atoms with Crippen LogP contribution in [-0.4, -0.2) is 37.2 Å². The first-order valence-electron chi connectivity index (χ1n) is 7.81. The number of aliphatic hydroxyl groups excluding tert-OH is 1. The SMILES string of the molecule is CCC(O)CNc1cc(C(=O)O)cc(S(N)(=O)=O)c1Oc1ccccc1. The largest absolute Gasteiger partial charge is 0.478 e. The average Bonchev–Trinajstić information content (AvgIpc) is 2.60. The number of carboxylic acids is 1. The third-order valence-electron chi connectivity index (χ3n) is 3.57. The minimum Gasteiger partial charge on any atom is -0.478 e. The number of primary sulfonamides is 1. The minimum atomic E-state index is -4.27. The van der Waals surface area contributed by atoms with E-state index >= 15 is 0 Å². The minimum absolute atomic E-state index is 0.0782. The number of hydrogen-bond donors (Lipinski definition) is 4. The van der Waals surface area contributed by atoms with Gasteiger partial charge in [0.1, 0.15) is 10.6 Å². The number of nitrogens with one attached hydrogen (secondary N) is 1. The number of anilines is 1. The monoisotopic (exact) mass is 380 g/mol. The molecular weight excluding hydrogens is 360 g/mol. The van der Waals surface area contributed by atoms with Gasteiger partial charge in [-0.25, -0.2) is 18.4 Å². The molecule has 0 bridgehead atoms. The zero-order valence-electron chi connectivity index (χ0n) is 14.0. The number of carboxylic acid groups (broad SMARTS) is 1. The van der Waals surface area contributed by atoms with Crippen LogP contribution in [0.3, 0.4) is 0 Å². The van der Waals surface area contributed by atoms with Crippen molar-refractivity contribution in [2.75, 3.05) is 11.9 Å². The summed E-state index contributed by atoms with van der Waals surface area (Å²) in [7, 11) is -4.27. The number of para-hydroxylation sites is 1. The van der Waals surface area contributed by atoms with E-state index in [2.05, 4.69) is 5.32 Å². The third kappa shape index (κ3) is 4.94. The highest BCUT2D eigenvalue weighted by Gasteiger charge is 2.23. The zero-order valence-corrected chi connectivity index (χ0v) is 14.9. The maximum absolute atomic E-state index is 12.0. The van der Waals surface area contributed by atoms with Crippen LogP contribution in [0.15, 0.2) is 47.4 Å². The van der Waals surface area contributed by atoms with Crippen LogP contribution in [0.4, 0.5) is 5.69 Å². The molecule has 0 fully saturated rings. The molecule has 1 atom stereocenters. The molecule has 0 amide bonds. The number of nitrogens with two attached hydrogens (primary N) is 1. The van der Waals surface area contributed by atoms with Crippen LogP contribution < -0.4 is 15.2 Å². The van der Waals surface area contributed by atoms with Gasteiger partial charge >= 0.3 is 5.97 Å². The Bertz CT molecular complexity index is 884. The highest BCUT2D eigenvalue weighted by atomic mass is 32.2. The van der Waals surface area contributed by atoms with Crippen LogP contribution >= 0.6 is 0 Å². The molecule has 0 aromatic heterocycles. The van der Waals surface area contributed by atoms with Crippen molar-refractivity contribution in [3.63, 3.8) is 0 Å². The van der Waals surface area contributed by atoms with Gasteiger partial charge in [0, 0.05) is 6.54 Å². The van der Waals surface area contributed by atoms with E-state index in [0.717, 1.165) is 6.07 Å². The predicted molar refractivity (Wildman–Crippen MR) is 96.1 cm³/mol. The normalized spacial score (nSPS) is 12.4. The van der Waals surface area contributed by atoms with Gasteiger partial charge in [-0.2, -0.15) is 0 Å². The van der Waals surface area contributed by atoms with Gasteiger partial charge in [-0.05, 0) is 30.7 Å². The summed E-state index contributed by atoms with van der Waals surface area (Å²) in [6, 6.07) is 10.6. The second-order valence-electron chi connectivity index (χ2n) is 5.56. The molecule has 0 aliphatic carbocycles. The lowest BCUT2D eigenvalue weighted by molar-refractivity contribution is 0.0696. The lowest BCUT2D eigenvalue weighted by atomic mass is 10.1. The van der Waals surface area contributed by atoms with E-state index in [4.69, 9.17) is 9.88 Å². The number of aromatic carboxylic acids is 1. The van der Waals surface area contributed by atoms with Crippen molar-refractivity contribution in [1.82, 2.24) is 0 Å². The second-order valence-corrected chi connectivity index (χ2v) is 7.09. The topological polar surface area (TPSA) is 139 Å². The Morgan fingerprint density at radius 3 is 2.46 bits per heavy atom. The number of ether oxygens (including phenoxy) is 1. The third-order valence-corrected chi connectivity index (χ3v) is 4.49. The summed E-state index contributed by atoms with van der Waals surface area (Å²) >= 11 is 0. The summed E-state index contributed by atoms with van der Waals surface area (Å²) in [6.07, 6.45) is -0.242. The lowest BCUT2D eigenvalue weighted by Gasteiger charge is -2.18. The van der Waals surface area contributed by atoms with Crippen LogP contribution in [0.25, 0.3) is 0 Å². The zero-order chi connectivity index (χ0) is 19.3. The van der Waals surface area contributed by atoms with Crippen molar-refractivity contribution in [3.05, 3.63) is 48.0 Å². The second kappa shape index (κ2) is 8.17. The van der Waals surface area contributed by atoms with Crippen molar-refractivity contribution in [2.24, 2.45) is 5.14 Å². The summed E-state index contributed by atoms with van der Waals surface area (Å²) in [5.41, 5.74) is -0.173. The molecule has 2 aromatic rings. The quantitative estimate of drug-likeness (QED) is 0.549. The average molecular weight is 380 g/mol. The molecule has 0 heterocycles. The van der Waals surface area contributed by atoms with Crippen LogP contribution in [0.1, 0.15) is 23.7 Å². The van der Waals surface area contributed by atoms with E-state index in [0.29, 0.717) is 12.2 Å².